The molecule has 0 aliphatic carbocycles. The van der Waals surface area contributed by atoms with E-state index < -0.39 is 0 Å². The molecule has 0 aliphatic rings. The van der Waals surface area contributed by atoms with Gasteiger partial charge in [-0.15, -0.1) is 0 Å². The minimum Gasteiger partial charge on any atom is -0.328 e. The Labute approximate surface area is 113 Å². The van der Waals surface area contributed by atoms with Crippen molar-refractivity contribution in [2.75, 3.05) is 11.9 Å². The molecular weight excluding hydrogens is 296 g/mol. The Kier molecular flexibility index (Phi) is 3.78. The van der Waals surface area contributed by atoms with Crippen LogP contribution < -0.4 is 16.2 Å². The molecule has 3 N–H and O–H groups in total. The molecule has 0 fully saturated rings. The van der Waals surface area contributed by atoms with Crippen LogP contribution in [0.3, 0.4) is 0 Å². The molecule has 0 amide bonds. The summed E-state index contributed by atoms with van der Waals surface area (Å²) in [6.45, 7) is 0.478. The lowest BCUT2D eigenvalue weighted by Gasteiger charge is -2.19. The largest absolute Gasteiger partial charge is 0.328 e. The number of aromatic nitrogens is 2. The van der Waals surface area contributed by atoms with Crippen molar-refractivity contribution in [2.45, 2.75) is 6.54 Å². The van der Waals surface area contributed by atoms with Crippen LogP contribution in [0, 0.1) is 0 Å². The molecule has 2 rings (SSSR count). The third kappa shape index (κ3) is 2.44. The zero-order valence-electron chi connectivity index (χ0n) is 9.85. The highest BCUT2D eigenvalue weighted by atomic mass is 79.9. The topological polar surface area (TPSA) is 75.0 Å². The van der Waals surface area contributed by atoms with E-state index in [4.69, 9.17) is 5.73 Å². The van der Waals surface area contributed by atoms with E-state index in [1.165, 1.54) is 6.33 Å². The van der Waals surface area contributed by atoms with Crippen molar-refractivity contribution >= 4 is 27.4 Å². The molecule has 1 aromatic carbocycles. The predicted molar refractivity (Wildman–Crippen MR) is 75.0 cm³/mol. The van der Waals surface area contributed by atoms with Gasteiger partial charge in [0.1, 0.15) is 4.47 Å². The first-order chi connectivity index (χ1) is 8.63. The number of rotatable bonds is 3. The van der Waals surface area contributed by atoms with E-state index in [2.05, 4.69) is 25.9 Å². The van der Waals surface area contributed by atoms with Crippen LogP contribution >= 0.6 is 15.9 Å². The fourth-order valence-corrected chi connectivity index (χ4v) is 2.10. The normalized spacial score (nSPS) is 10.4. The van der Waals surface area contributed by atoms with E-state index in [1.807, 2.05) is 36.2 Å². The number of nitrogens with zero attached hydrogens (tertiary/aromatic N) is 2. The molecule has 0 saturated carbocycles. The number of nitrogens with one attached hydrogen (secondary N) is 1. The molecule has 0 radical (unpaired) electrons. The summed E-state index contributed by atoms with van der Waals surface area (Å²) in [6.07, 6.45) is 1.38. The van der Waals surface area contributed by atoms with Crippen molar-refractivity contribution in [3.63, 3.8) is 0 Å². The number of halogens is 1. The van der Waals surface area contributed by atoms with Gasteiger partial charge in [0.2, 0.25) is 0 Å². The van der Waals surface area contributed by atoms with E-state index in [9.17, 15) is 4.79 Å². The molecule has 0 bridgehead atoms. The molecule has 1 aromatic heterocycles. The van der Waals surface area contributed by atoms with Crippen molar-refractivity contribution < 1.29 is 0 Å². The second kappa shape index (κ2) is 5.32. The van der Waals surface area contributed by atoms with Gasteiger partial charge in [0.15, 0.2) is 5.82 Å². The molecule has 0 spiro atoms. The Bertz CT molecular complexity index is 611. The van der Waals surface area contributed by atoms with Crippen LogP contribution in [-0.4, -0.2) is 17.0 Å². The summed E-state index contributed by atoms with van der Waals surface area (Å²) in [5.74, 6) is 0.563. The maximum absolute atomic E-state index is 11.5. The highest BCUT2D eigenvalue weighted by molar-refractivity contribution is 9.10. The first-order valence-corrected chi connectivity index (χ1v) is 6.18. The highest BCUT2D eigenvalue weighted by Crippen LogP contribution is 2.26. The van der Waals surface area contributed by atoms with Gasteiger partial charge in [0.05, 0.1) is 6.33 Å². The van der Waals surface area contributed by atoms with E-state index in [0.29, 0.717) is 16.8 Å². The van der Waals surface area contributed by atoms with Gasteiger partial charge in [-0.1, -0.05) is 12.1 Å². The van der Waals surface area contributed by atoms with Gasteiger partial charge in [-0.25, -0.2) is 4.98 Å². The molecule has 2 aromatic rings. The summed E-state index contributed by atoms with van der Waals surface area (Å²) < 4.78 is 0.408. The van der Waals surface area contributed by atoms with Crippen LogP contribution in [0.4, 0.5) is 11.5 Å². The molecule has 0 atom stereocenters. The molecule has 94 valence electrons. The lowest BCUT2D eigenvalue weighted by molar-refractivity contribution is 1.03. The third-order valence-electron chi connectivity index (χ3n) is 2.63. The maximum Gasteiger partial charge on any atom is 0.267 e. The number of anilines is 2. The minimum atomic E-state index is -0.207. The van der Waals surface area contributed by atoms with Crippen LogP contribution in [-0.2, 0) is 6.54 Å². The molecule has 1 heterocycles. The Morgan fingerprint density at radius 2 is 2.28 bits per heavy atom. The van der Waals surface area contributed by atoms with Crippen molar-refractivity contribution in [1.29, 1.82) is 0 Å². The number of benzene rings is 1. The summed E-state index contributed by atoms with van der Waals surface area (Å²) in [6, 6.07) is 7.79. The molecule has 0 unspecified atom stereocenters. The van der Waals surface area contributed by atoms with Crippen LogP contribution in [0.5, 0.6) is 0 Å². The Morgan fingerprint density at radius 1 is 1.50 bits per heavy atom. The fraction of sp³-hybridized carbons (Fsp3) is 0.167. The van der Waals surface area contributed by atoms with Gasteiger partial charge in [-0.3, -0.25) is 4.79 Å². The molecule has 6 heteroatoms. The number of hydrogen-bond donors (Lipinski definition) is 2. The molecule has 0 saturated heterocycles. The van der Waals surface area contributed by atoms with Crippen molar-refractivity contribution in [1.82, 2.24) is 9.97 Å². The van der Waals surface area contributed by atoms with Gasteiger partial charge in [0, 0.05) is 19.3 Å². The van der Waals surface area contributed by atoms with Gasteiger partial charge in [-0.05, 0) is 33.6 Å². The zero-order chi connectivity index (χ0) is 13.1. The molecular formula is C12H13BrN4O. The maximum atomic E-state index is 11.5. The van der Waals surface area contributed by atoms with Gasteiger partial charge in [0.25, 0.3) is 5.56 Å². The minimum absolute atomic E-state index is 0.207. The Hall–Kier alpha value is -1.66. The average Bonchev–Trinajstić information content (AvgIpc) is 2.41. The Balaban J connectivity index is 2.44. The quantitative estimate of drug-likeness (QED) is 0.906. The van der Waals surface area contributed by atoms with Crippen LogP contribution in [0.1, 0.15) is 5.56 Å². The lowest BCUT2D eigenvalue weighted by Crippen LogP contribution is -2.17. The summed E-state index contributed by atoms with van der Waals surface area (Å²) in [5.41, 5.74) is 7.36. The first kappa shape index (κ1) is 12.8. The van der Waals surface area contributed by atoms with E-state index in [0.717, 1.165) is 11.3 Å². The highest BCUT2D eigenvalue weighted by Gasteiger charge is 2.12. The van der Waals surface area contributed by atoms with Gasteiger partial charge >= 0.3 is 0 Å². The van der Waals surface area contributed by atoms with Crippen molar-refractivity contribution in [2.24, 2.45) is 5.73 Å². The summed E-state index contributed by atoms with van der Waals surface area (Å²) in [7, 11) is 1.85. The zero-order valence-corrected chi connectivity index (χ0v) is 11.4. The number of nitrogens with two attached hydrogens (primary N) is 1. The predicted octanol–water partition coefficient (Wildman–Crippen LogP) is 1.76. The summed E-state index contributed by atoms with van der Waals surface area (Å²) in [5, 5.41) is 0. The van der Waals surface area contributed by atoms with Crippen LogP contribution in [0.15, 0.2) is 39.9 Å². The number of aromatic amines is 1. The average molecular weight is 309 g/mol. The number of hydrogen-bond acceptors (Lipinski definition) is 4. The van der Waals surface area contributed by atoms with E-state index >= 15 is 0 Å². The van der Waals surface area contributed by atoms with E-state index in [1.54, 1.807) is 0 Å². The third-order valence-corrected chi connectivity index (χ3v) is 3.34. The smallest absolute Gasteiger partial charge is 0.267 e. The number of H-pyrrole nitrogens is 1. The second-order valence-electron chi connectivity index (χ2n) is 3.80. The molecule has 0 aliphatic heterocycles. The standard InChI is InChI=1S/C12H13BrN4O/c1-17(9-4-2-3-8(5-9)6-14)11-10(13)12(18)16-7-15-11/h2-5,7H,6,14H2,1H3,(H,15,16,18). The summed E-state index contributed by atoms with van der Waals surface area (Å²) in [4.78, 5) is 20.0. The second-order valence-corrected chi connectivity index (χ2v) is 4.60. The van der Waals surface area contributed by atoms with Crippen molar-refractivity contribution in [3.05, 3.63) is 51.0 Å². The monoisotopic (exact) mass is 308 g/mol. The SMILES string of the molecule is CN(c1cccc(CN)c1)c1nc[nH]c(=O)c1Br. The van der Waals surface area contributed by atoms with Gasteiger partial charge < -0.3 is 15.6 Å². The lowest BCUT2D eigenvalue weighted by atomic mass is 10.2. The fourth-order valence-electron chi connectivity index (χ4n) is 1.62. The van der Waals surface area contributed by atoms with Crippen LogP contribution in [0.25, 0.3) is 0 Å². The van der Waals surface area contributed by atoms with E-state index in [-0.39, 0.29) is 5.56 Å². The molecule has 18 heavy (non-hydrogen) atoms. The van der Waals surface area contributed by atoms with Gasteiger partial charge in [-0.2, -0.15) is 0 Å². The Morgan fingerprint density at radius 3 is 3.00 bits per heavy atom. The van der Waals surface area contributed by atoms with Crippen LogP contribution in [0.2, 0.25) is 0 Å². The van der Waals surface area contributed by atoms with Crippen molar-refractivity contribution in [3.8, 4) is 0 Å². The first-order valence-electron chi connectivity index (χ1n) is 5.39. The molecule has 5 nitrogen and oxygen atoms in total. The summed E-state index contributed by atoms with van der Waals surface area (Å²) >= 11 is 3.24.